The maximum atomic E-state index is 5.72. The minimum absolute atomic E-state index is 0. The van der Waals surface area contributed by atoms with Gasteiger partial charge in [-0.25, -0.2) is 0 Å². The molecule has 6 heteroatoms. The maximum Gasteiger partial charge on any atom is 0.193 e. The summed E-state index contributed by atoms with van der Waals surface area (Å²) in [4.78, 5) is 6.47. The third-order valence-corrected chi connectivity index (χ3v) is 4.57. The molecule has 0 spiro atoms. The molecule has 1 N–H and O–H groups in total. The van der Waals surface area contributed by atoms with Crippen LogP contribution in [-0.2, 0) is 15.9 Å². The summed E-state index contributed by atoms with van der Waals surface area (Å²) in [5.74, 6) is 1.76. The van der Waals surface area contributed by atoms with Crippen LogP contribution in [-0.4, -0.2) is 64.5 Å². The number of unbranched alkanes of at least 4 members (excludes halogenated alkanes) is 1. The van der Waals surface area contributed by atoms with E-state index >= 15 is 0 Å². The molecule has 0 unspecified atom stereocenters. The van der Waals surface area contributed by atoms with Crippen molar-refractivity contribution in [3.8, 4) is 0 Å². The lowest BCUT2D eigenvalue weighted by Gasteiger charge is -2.22. The Bertz CT molecular complexity index is 509. The Morgan fingerprint density at radius 2 is 1.89 bits per heavy atom. The molecule has 1 aromatic carbocycles. The van der Waals surface area contributed by atoms with E-state index in [2.05, 4.69) is 46.5 Å². The van der Waals surface area contributed by atoms with Crippen molar-refractivity contribution in [3.05, 3.63) is 35.9 Å². The fourth-order valence-electron chi connectivity index (χ4n) is 2.69. The van der Waals surface area contributed by atoms with E-state index in [9.17, 15) is 0 Å². The zero-order chi connectivity index (χ0) is 18.5. The normalized spacial score (nSPS) is 13.9. The Labute approximate surface area is 181 Å². The second kappa shape index (κ2) is 15.1. The lowest BCUT2D eigenvalue weighted by atomic mass is 10.2. The average Bonchev–Trinajstić information content (AvgIpc) is 3.49. The van der Waals surface area contributed by atoms with Crippen LogP contribution < -0.4 is 5.32 Å². The van der Waals surface area contributed by atoms with Crippen molar-refractivity contribution in [3.63, 3.8) is 0 Å². The van der Waals surface area contributed by atoms with Crippen LogP contribution in [0, 0.1) is 5.92 Å². The van der Waals surface area contributed by atoms with Gasteiger partial charge >= 0.3 is 0 Å². The lowest BCUT2D eigenvalue weighted by molar-refractivity contribution is 0.115. The molecular weight excluding hydrogens is 453 g/mol. The molecule has 1 aliphatic rings. The highest BCUT2D eigenvalue weighted by Crippen LogP contribution is 2.28. The molecule has 2 rings (SSSR count). The van der Waals surface area contributed by atoms with Crippen LogP contribution in [0.25, 0.3) is 0 Å². The van der Waals surface area contributed by atoms with E-state index in [0.29, 0.717) is 0 Å². The molecule has 1 saturated carbocycles. The number of likely N-dealkylation sites (N-methyl/N-ethyl adjacent to an activating group) is 1. The van der Waals surface area contributed by atoms with Crippen molar-refractivity contribution < 1.29 is 9.47 Å². The van der Waals surface area contributed by atoms with Gasteiger partial charge in [0, 0.05) is 40.4 Å². The van der Waals surface area contributed by atoms with Gasteiger partial charge < -0.3 is 19.7 Å². The summed E-state index contributed by atoms with van der Waals surface area (Å²) in [6.07, 6.45) is 5.81. The van der Waals surface area contributed by atoms with Gasteiger partial charge in [-0.1, -0.05) is 30.3 Å². The molecule has 0 aromatic heterocycles. The number of hydrogen-bond donors (Lipinski definition) is 1. The van der Waals surface area contributed by atoms with E-state index in [-0.39, 0.29) is 24.0 Å². The van der Waals surface area contributed by atoms with Crippen LogP contribution in [0.1, 0.15) is 31.2 Å². The Morgan fingerprint density at radius 3 is 2.59 bits per heavy atom. The van der Waals surface area contributed by atoms with E-state index in [1.165, 1.54) is 18.4 Å². The molecule has 0 saturated heterocycles. The van der Waals surface area contributed by atoms with E-state index < -0.39 is 0 Å². The predicted octanol–water partition coefficient (Wildman–Crippen LogP) is 3.58. The summed E-state index contributed by atoms with van der Waals surface area (Å²) in [6, 6.07) is 10.5. The molecule has 0 amide bonds. The molecule has 27 heavy (non-hydrogen) atoms. The number of ether oxygens (including phenoxy) is 2. The molecule has 1 aromatic rings. The van der Waals surface area contributed by atoms with E-state index in [0.717, 1.165) is 70.7 Å². The summed E-state index contributed by atoms with van der Waals surface area (Å²) in [5, 5.41) is 3.41. The summed E-state index contributed by atoms with van der Waals surface area (Å²) in [6.45, 7) is 5.09. The molecular formula is C21H36IN3O2. The standard InChI is InChI=1S/C21H35N3O2.HI/c1-22-21(24(2)14-17-26-18-20-10-11-20)23-13-6-7-15-25-16-12-19-8-4-3-5-9-19;/h3-5,8-9,20H,6-7,10-18H2,1-2H3,(H,22,23);1H. The van der Waals surface area contributed by atoms with Crippen LogP contribution in [0.5, 0.6) is 0 Å². The van der Waals surface area contributed by atoms with Gasteiger partial charge in [-0.15, -0.1) is 24.0 Å². The van der Waals surface area contributed by atoms with Crippen LogP contribution in [0.3, 0.4) is 0 Å². The molecule has 0 radical (unpaired) electrons. The summed E-state index contributed by atoms with van der Waals surface area (Å²) < 4.78 is 11.4. The quantitative estimate of drug-likeness (QED) is 0.199. The van der Waals surface area contributed by atoms with Gasteiger partial charge in [0.2, 0.25) is 0 Å². The molecule has 154 valence electrons. The molecule has 1 aliphatic carbocycles. The van der Waals surface area contributed by atoms with Crippen LogP contribution in [0.2, 0.25) is 0 Å². The largest absolute Gasteiger partial charge is 0.381 e. The number of aliphatic imine (C=N–C) groups is 1. The fraction of sp³-hybridized carbons (Fsp3) is 0.667. The van der Waals surface area contributed by atoms with Crippen molar-refractivity contribution >= 4 is 29.9 Å². The number of nitrogens with one attached hydrogen (secondary N) is 1. The number of hydrogen-bond acceptors (Lipinski definition) is 3. The Kier molecular flexibility index (Phi) is 13.5. The molecule has 5 nitrogen and oxygen atoms in total. The molecule has 1 fully saturated rings. The minimum atomic E-state index is 0. The fourth-order valence-corrected chi connectivity index (χ4v) is 2.69. The highest BCUT2D eigenvalue weighted by atomic mass is 127. The number of halogens is 1. The first-order valence-electron chi connectivity index (χ1n) is 9.91. The number of rotatable bonds is 13. The van der Waals surface area contributed by atoms with Gasteiger partial charge in [-0.2, -0.15) is 0 Å². The smallest absolute Gasteiger partial charge is 0.193 e. The number of guanidine groups is 1. The monoisotopic (exact) mass is 489 g/mol. The second-order valence-electron chi connectivity index (χ2n) is 6.97. The topological polar surface area (TPSA) is 46.1 Å². The minimum Gasteiger partial charge on any atom is -0.381 e. The second-order valence-corrected chi connectivity index (χ2v) is 6.97. The first-order valence-corrected chi connectivity index (χ1v) is 9.91. The van der Waals surface area contributed by atoms with Gasteiger partial charge in [-0.05, 0) is 43.6 Å². The summed E-state index contributed by atoms with van der Waals surface area (Å²) in [7, 11) is 3.89. The molecule has 0 heterocycles. The van der Waals surface area contributed by atoms with Gasteiger partial charge in [0.15, 0.2) is 5.96 Å². The third-order valence-electron chi connectivity index (χ3n) is 4.57. The Hall–Kier alpha value is -0.860. The molecule has 0 bridgehead atoms. The zero-order valence-electron chi connectivity index (χ0n) is 16.9. The van der Waals surface area contributed by atoms with Gasteiger partial charge in [0.05, 0.1) is 13.2 Å². The van der Waals surface area contributed by atoms with Crippen molar-refractivity contribution in [2.45, 2.75) is 32.1 Å². The van der Waals surface area contributed by atoms with E-state index in [1.807, 2.05) is 13.1 Å². The predicted molar refractivity (Wildman–Crippen MR) is 123 cm³/mol. The highest BCUT2D eigenvalue weighted by Gasteiger charge is 2.21. The van der Waals surface area contributed by atoms with Crippen molar-refractivity contribution in [1.82, 2.24) is 10.2 Å². The number of benzene rings is 1. The van der Waals surface area contributed by atoms with E-state index in [1.54, 1.807) is 0 Å². The van der Waals surface area contributed by atoms with Crippen molar-refractivity contribution in [2.75, 3.05) is 53.6 Å². The Balaban J connectivity index is 0.00000364. The molecule has 0 atom stereocenters. The van der Waals surface area contributed by atoms with Gasteiger partial charge in [0.25, 0.3) is 0 Å². The van der Waals surface area contributed by atoms with Crippen LogP contribution in [0.15, 0.2) is 35.3 Å². The van der Waals surface area contributed by atoms with Crippen molar-refractivity contribution in [1.29, 1.82) is 0 Å². The summed E-state index contributed by atoms with van der Waals surface area (Å²) in [5.41, 5.74) is 1.34. The van der Waals surface area contributed by atoms with E-state index in [4.69, 9.17) is 9.47 Å². The number of nitrogens with zero attached hydrogens (tertiary/aromatic N) is 2. The highest BCUT2D eigenvalue weighted by molar-refractivity contribution is 14.0. The zero-order valence-corrected chi connectivity index (χ0v) is 19.2. The van der Waals surface area contributed by atoms with Gasteiger partial charge in [-0.3, -0.25) is 4.99 Å². The first kappa shape index (κ1) is 24.2. The van der Waals surface area contributed by atoms with Crippen LogP contribution in [0.4, 0.5) is 0 Å². The van der Waals surface area contributed by atoms with Crippen molar-refractivity contribution in [2.24, 2.45) is 10.9 Å². The lowest BCUT2D eigenvalue weighted by Crippen LogP contribution is -2.41. The maximum absolute atomic E-state index is 5.72. The SMILES string of the molecule is CN=C(NCCCCOCCc1ccccc1)N(C)CCOCC1CC1.I. The average molecular weight is 489 g/mol. The van der Waals surface area contributed by atoms with Crippen LogP contribution >= 0.6 is 24.0 Å². The first-order chi connectivity index (χ1) is 12.8. The van der Waals surface area contributed by atoms with Gasteiger partial charge in [0.1, 0.15) is 0 Å². The molecule has 0 aliphatic heterocycles. The third kappa shape index (κ3) is 11.5. The summed E-state index contributed by atoms with van der Waals surface area (Å²) >= 11 is 0. The Morgan fingerprint density at radius 1 is 1.11 bits per heavy atom.